The minimum Gasteiger partial charge on any atom is -0.497 e. The summed E-state index contributed by atoms with van der Waals surface area (Å²) in [6.45, 7) is 0. The van der Waals surface area contributed by atoms with Gasteiger partial charge in [0.2, 0.25) is 6.23 Å². The number of hydrogen-bond acceptors (Lipinski definition) is 5. The van der Waals surface area contributed by atoms with Gasteiger partial charge in [-0.1, -0.05) is 23.7 Å². The van der Waals surface area contributed by atoms with E-state index < -0.39 is 0 Å². The molecule has 0 spiro atoms. The SMILES string of the molecule is COc1cccc(C2=NN3[C@@H](c4ccncc4)Oc4ccc(Cl)cc4[C@@H]3C2)c1. The molecule has 0 N–H and O–H groups in total. The molecule has 5 nitrogen and oxygen atoms in total. The minimum atomic E-state index is -0.315. The van der Waals surface area contributed by atoms with Gasteiger partial charge in [-0.25, -0.2) is 5.01 Å². The summed E-state index contributed by atoms with van der Waals surface area (Å²) in [4.78, 5) is 4.12. The van der Waals surface area contributed by atoms with Gasteiger partial charge in [0.1, 0.15) is 11.5 Å². The Balaban J connectivity index is 1.60. The molecule has 2 aromatic carbocycles. The number of rotatable bonds is 3. The summed E-state index contributed by atoms with van der Waals surface area (Å²) < 4.78 is 11.7. The highest BCUT2D eigenvalue weighted by Crippen LogP contribution is 2.48. The molecule has 140 valence electrons. The van der Waals surface area contributed by atoms with E-state index in [0.29, 0.717) is 5.02 Å². The molecule has 0 bridgehead atoms. The highest BCUT2D eigenvalue weighted by atomic mass is 35.5. The number of ether oxygens (including phenoxy) is 2. The lowest BCUT2D eigenvalue weighted by molar-refractivity contribution is -0.0190. The monoisotopic (exact) mass is 391 g/mol. The lowest BCUT2D eigenvalue weighted by Gasteiger charge is -2.38. The molecule has 6 heteroatoms. The molecule has 5 rings (SSSR count). The van der Waals surface area contributed by atoms with E-state index >= 15 is 0 Å². The largest absolute Gasteiger partial charge is 0.497 e. The van der Waals surface area contributed by atoms with Crippen LogP contribution in [0.25, 0.3) is 0 Å². The van der Waals surface area contributed by atoms with Crippen LogP contribution in [0.3, 0.4) is 0 Å². The molecule has 0 unspecified atom stereocenters. The summed E-state index contributed by atoms with van der Waals surface area (Å²) in [5.74, 6) is 1.66. The Labute approximate surface area is 168 Å². The second kappa shape index (κ2) is 6.84. The summed E-state index contributed by atoms with van der Waals surface area (Å²) >= 11 is 6.28. The van der Waals surface area contributed by atoms with E-state index in [4.69, 9.17) is 26.2 Å². The van der Waals surface area contributed by atoms with Crippen molar-refractivity contribution >= 4 is 17.3 Å². The average molecular weight is 392 g/mol. The van der Waals surface area contributed by atoms with Crippen LogP contribution in [0.1, 0.15) is 35.4 Å². The van der Waals surface area contributed by atoms with Crippen LogP contribution < -0.4 is 9.47 Å². The fourth-order valence-electron chi connectivity index (χ4n) is 3.78. The number of methoxy groups -OCH3 is 1. The van der Waals surface area contributed by atoms with Crippen LogP contribution in [-0.4, -0.2) is 22.8 Å². The second-order valence-corrected chi connectivity index (χ2v) is 7.25. The smallest absolute Gasteiger partial charge is 0.213 e. The third-order valence-corrected chi connectivity index (χ3v) is 5.38. The molecule has 1 aromatic heterocycles. The van der Waals surface area contributed by atoms with E-state index in [1.807, 2.05) is 53.5 Å². The Hall–Kier alpha value is -3.05. The van der Waals surface area contributed by atoms with Crippen molar-refractivity contribution in [1.29, 1.82) is 0 Å². The Morgan fingerprint density at radius 2 is 1.96 bits per heavy atom. The van der Waals surface area contributed by atoms with Gasteiger partial charge >= 0.3 is 0 Å². The van der Waals surface area contributed by atoms with Gasteiger partial charge in [-0.05, 0) is 42.5 Å². The second-order valence-electron chi connectivity index (χ2n) is 6.81. The first-order valence-electron chi connectivity index (χ1n) is 9.09. The van der Waals surface area contributed by atoms with Gasteiger partial charge in [0.15, 0.2) is 0 Å². The minimum absolute atomic E-state index is 0.0572. The molecule has 0 radical (unpaired) electrons. The van der Waals surface area contributed by atoms with Gasteiger partial charge in [-0.2, -0.15) is 5.10 Å². The molecule has 28 heavy (non-hydrogen) atoms. The zero-order chi connectivity index (χ0) is 19.1. The molecule has 2 atom stereocenters. The molecule has 2 aliphatic heterocycles. The number of benzene rings is 2. The van der Waals surface area contributed by atoms with E-state index in [-0.39, 0.29) is 12.3 Å². The van der Waals surface area contributed by atoms with Crippen molar-refractivity contribution in [2.45, 2.75) is 18.7 Å². The summed E-state index contributed by atoms with van der Waals surface area (Å²) in [5.41, 5.74) is 4.11. The van der Waals surface area contributed by atoms with Crippen LogP contribution in [0.2, 0.25) is 5.02 Å². The van der Waals surface area contributed by atoms with Gasteiger partial charge < -0.3 is 9.47 Å². The molecule has 3 aromatic rings. The van der Waals surface area contributed by atoms with Crippen LogP contribution >= 0.6 is 11.6 Å². The fraction of sp³-hybridized carbons (Fsp3) is 0.182. The van der Waals surface area contributed by atoms with E-state index in [9.17, 15) is 0 Å². The predicted molar refractivity (Wildman–Crippen MR) is 108 cm³/mol. The first-order chi connectivity index (χ1) is 13.7. The van der Waals surface area contributed by atoms with E-state index in [1.54, 1.807) is 19.5 Å². The van der Waals surface area contributed by atoms with E-state index in [0.717, 1.165) is 40.3 Å². The van der Waals surface area contributed by atoms with Crippen LogP contribution in [0.5, 0.6) is 11.5 Å². The van der Waals surface area contributed by atoms with Crippen molar-refractivity contribution in [3.8, 4) is 11.5 Å². The van der Waals surface area contributed by atoms with Crippen LogP contribution in [0.4, 0.5) is 0 Å². The predicted octanol–water partition coefficient (Wildman–Crippen LogP) is 4.99. The third-order valence-electron chi connectivity index (χ3n) is 5.15. The number of pyridine rings is 1. The number of halogens is 1. The van der Waals surface area contributed by atoms with Crippen LogP contribution in [-0.2, 0) is 0 Å². The molecule has 0 saturated heterocycles. The third kappa shape index (κ3) is 2.88. The Bertz CT molecular complexity index is 1050. The molecule has 0 fully saturated rings. The first kappa shape index (κ1) is 17.1. The Morgan fingerprint density at radius 3 is 2.79 bits per heavy atom. The molecule has 0 saturated carbocycles. The lowest BCUT2D eigenvalue weighted by Crippen LogP contribution is -2.33. The van der Waals surface area contributed by atoms with Crippen molar-refractivity contribution in [2.75, 3.05) is 7.11 Å². The number of nitrogens with zero attached hydrogens (tertiary/aromatic N) is 3. The van der Waals surface area contributed by atoms with Crippen LogP contribution in [0, 0.1) is 0 Å². The summed E-state index contributed by atoms with van der Waals surface area (Å²) in [7, 11) is 1.67. The van der Waals surface area contributed by atoms with Gasteiger partial charge in [-0.3, -0.25) is 4.98 Å². The zero-order valence-electron chi connectivity index (χ0n) is 15.2. The van der Waals surface area contributed by atoms with Crippen molar-refractivity contribution in [3.05, 3.63) is 88.7 Å². The zero-order valence-corrected chi connectivity index (χ0v) is 16.0. The van der Waals surface area contributed by atoms with Crippen molar-refractivity contribution < 1.29 is 9.47 Å². The van der Waals surface area contributed by atoms with Gasteiger partial charge in [0, 0.05) is 40.5 Å². The number of hydrazone groups is 1. The maximum Gasteiger partial charge on any atom is 0.213 e. The maximum absolute atomic E-state index is 6.32. The van der Waals surface area contributed by atoms with Gasteiger partial charge in [-0.15, -0.1) is 0 Å². The molecule has 0 aliphatic carbocycles. The maximum atomic E-state index is 6.32. The Kier molecular flexibility index (Phi) is 4.17. The fourth-order valence-corrected chi connectivity index (χ4v) is 3.96. The van der Waals surface area contributed by atoms with Crippen molar-refractivity contribution in [1.82, 2.24) is 9.99 Å². The van der Waals surface area contributed by atoms with Gasteiger partial charge in [0.05, 0.1) is 18.9 Å². The van der Waals surface area contributed by atoms with Crippen molar-refractivity contribution in [3.63, 3.8) is 0 Å². The van der Waals surface area contributed by atoms with E-state index in [1.165, 1.54) is 0 Å². The highest BCUT2D eigenvalue weighted by Gasteiger charge is 2.41. The standard InChI is InChI=1S/C22H18ClN3O2/c1-27-17-4-2-3-15(11-17)19-13-20-18-12-16(23)5-6-21(18)28-22(26(20)25-19)14-7-9-24-10-8-14/h2-12,20,22H,13H2,1H3/t20-,22+/m0/s1. The highest BCUT2D eigenvalue weighted by molar-refractivity contribution is 6.30. The molecular weight excluding hydrogens is 374 g/mol. The van der Waals surface area contributed by atoms with Crippen molar-refractivity contribution in [2.24, 2.45) is 5.10 Å². The summed E-state index contributed by atoms with van der Waals surface area (Å²) in [6.07, 6.45) is 4.00. The Morgan fingerprint density at radius 1 is 1.11 bits per heavy atom. The molecule has 2 aliphatic rings. The normalized spacial score (nSPS) is 20.1. The number of hydrogen-bond donors (Lipinski definition) is 0. The average Bonchev–Trinajstić information content (AvgIpc) is 3.20. The molecule has 0 amide bonds. The van der Waals surface area contributed by atoms with Crippen LogP contribution in [0.15, 0.2) is 72.1 Å². The first-order valence-corrected chi connectivity index (χ1v) is 9.47. The topological polar surface area (TPSA) is 47.0 Å². The van der Waals surface area contributed by atoms with E-state index in [2.05, 4.69) is 11.1 Å². The summed E-state index contributed by atoms with van der Waals surface area (Å²) in [6, 6.07) is 17.7. The number of aromatic nitrogens is 1. The summed E-state index contributed by atoms with van der Waals surface area (Å²) in [5, 5.41) is 7.67. The molecular formula is C22H18ClN3O2. The number of fused-ring (bicyclic) bond motifs is 3. The molecule has 3 heterocycles. The quantitative estimate of drug-likeness (QED) is 0.631. The van der Waals surface area contributed by atoms with Gasteiger partial charge in [0.25, 0.3) is 0 Å². The lowest BCUT2D eigenvalue weighted by atomic mass is 9.96.